The SMILES string of the molecule is Nc1ccc(Nc2cc(Br)ccc2Cl)c2ncccc12. The number of anilines is 3. The van der Waals surface area contributed by atoms with Gasteiger partial charge in [-0.2, -0.15) is 0 Å². The Kier molecular flexibility index (Phi) is 3.51. The molecule has 0 bridgehead atoms. The fraction of sp³-hybridized carbons (Fsp3) is 0. The summed E-state index contributed by atoms with van der Waals surface area (Å²) in [5, 5.41) is 4.87. The first-order valence-corrected chi connectivity index (χ1v) is 7.17. The van der Waals surface area contributed by atoms with Crippen molar-refractivity contribution < 1.29 is 0 Å². The summed E-state index contributed by atoms with van der Waals surface area (Å²) in [4.78, 5) is 4.39. The number of nitrogens with two attached hydrogens (primary N) is 1. The lowest BCUT2D eigenvalue weighted by Crippen LogP contribution is -1.96. The number of benzene rings is 2. The number of rotatable bonds is 2. The van der Waals surface area contributed by atoms with Crippen LogP contribution in [-0.2, 0) is 0 Å². The Morgan fingerprint density at radius 1 is 1.10 bits per heavy atom. The minimum Gasteiger partial charge on any atom is -0.398 e. The molecule has 0 radical (unpaired) electrons. The maximum atomic E-state index is 6.20. The average Bonchev–Trinajstić information content (AvgIpc) is 2.46. The number of nitrogens with zero attached hydrogens (tertiary/aromatic N) is 1. The van der Waals surface area contributed by atoms with Crippen LogP contribution >= 0.6 is 27.5 Å². The fourth-order valence-corrected chi connectivity index (χ4v) is 2.56. The van der Waals surface area contributed by atoms with Crippen molar-refractivity contribution in [3.63, 3.8) is 0 Å². The van der Waals surface area contributed by atoms with Crippen molar-refractivity contribution in [1.29, 1.82) is 0 Å². The van der Waals surface area contributed by atoms with Crippen LogP contribution in [0.3, 0.4) is 0 Å². The van der Waals surface area contributed by atoms with Gasteiger partial charge in [-0.15, -0.1) is 0 Å². The predicted octanol–water partition coefficient (Wildman–Crippen LogP) is 4.98. The van der Waals surface area contributed by atoms with E-state index in [1.54, 1.807) is 6.20 Å². The number of hydrogen-bond acceptors (Lipinski definition) is 3. The Morgan fingerprint density at radius 2 is 1.95 bits per heavy atom. The molecule has 0 atom stereocenters. The van der Waals surface area contributed by atoms with Crippen molar-refractivity contribution in [2.45, 2.75) is 0 Å². The molecule has 3 aromatic rings. The number of nitrogen functional groups attached to an aromatic ring is 1. The highest BCUT2D eigenvalue weighted by Crippen LogP contribution is 2.32. The maximum absolute atomic E-state index is 6.20. The second-order valence-electron chi connectivity index (χ2n) is 4.35. The molecule has 0 unspecified atom stereocenters. The van der Waals surface area contributed by atoms with E-state index >= 15 is 0 Å². The molecule has 100 valence electrons. The minimum atomic E-state index is 0.647. The Morgan fingerprint density at radius 3 is 2.80 bits per heavy atom. The zero-order valence-corrected chi connectivity index (χ0v) is 12.7. The van der Waals surface area contributed by atoms with Crippen LogP contribution in [0.15, 0.2) is 53.1 Å². The zero-order chi connectivity index (χ0) is 14.1. The van der Waals surface area contributed by atoms with Gasteiger partial charge in [0.1, 0.15) is 0 Å². The monoisotopic (exact) mass is 347 g/mol. The molecule has 0 fully saturated rings. The lowest BCUT2D eigenvalue weighted by molar-refractivity contribution is 1.40. The Labute approximate surface area is 129 Å². The van der Waals surface area contributed by atoms with Crippen LogP contribution < -0.4 is 11.1 Å². The molecule has 5 heteroatoms. The van der Waals surface area contributed by atoms with Crippen molar-refractivity contribution in [3.05, 3.63) is 58.2 Å². The van der Waals surface area contributed by atoms with Gasteiger partial charge in [-0.3, -0.25) is 4.98 Å². The van der Waals surface area contributed by atoms with E-state index in [9.17, 15) is 0 Å². The maximum Gasteiger partial charge on any atom is 0.0957 e. The first kappa shape index (κ1) is 13.2. The molecule has 0 aliphatic rings. The van der Waals surface area contributed by atoms with Gasteiger partial charge < -0.3 is 11.1 Å². The molecule has 0 spiro atoms. The number of nitrogens with one attached hydrogen (secondary N) is 1. The highest BCUT2D eigenvalue weighted by atomic mass is 79.9. The Balaban J connectivity index is 2.11. The van der Waals surface area contributed by atoms with Crippen molar-refractivity contribution in [2.24, 2.45) is 0 Å². The average molecular weight is 349 g/mol. The van der Waals surface area contributed by atoms with Crippen molar-refractivity contribution in [1.82, 2.24) is 4.98 Å². The Hall–Kier alpha value is -1.78. The van der Waals surface area contributed by atoms with Crippen molar-refractivity contribution >= 4 is 55.5 Å². The summed E-state index contributed by atoms with van der Waals surface area (Å²) in [6.45, 7) is 0. The second kappa shape index (κ2) is 5.31. The van der Waals surface area contributed by atoms with Gasteiger partial charge in [0.2, 0.25) is 0 Å². The number of pyridine rings is 1. The summed E-state index contributed by atoms with van der Waals surface area (Å²) in [7, 11) is 0. The minimum absolute atomic E-state index is 0.647. The van der Waals surface area contributed by atoms with E-state index in [-0.39, 0.29) is 0 Å². The van der Waals surface area contributed by atoms with Crippen molar-refractivity contribution in [2.75, 3.05) is 11.1 Å². The molecule has 3 nitrogen and oxygen atoms in total. The third-order valence-electron chi connectivity index (χ3n) is 3.00. The van der Waals surface area contributed by atoms with E-state index in [1.165, 1.54) is 0 Å². The zero-order valence-electron chi connectivity index (χ0n) is 10.4. The summed E-state index contributed by atoms with van der Waals surface area (Å²) in [5.74, 6) is 0. The van der Waals surface area contributed by atoms with Gasteiger partial charge in [0.25, 0.3) is 0 Å². The van der Waals surface area contributed by atoms with E-state index in [0.717, 1.165) is 26.8 Å². The molecule has 20 heavy (non-hydrogen) atoms. The van der Waals surface area contributed by atoms with Crippen LogP contribution in [0.25, 0.3) is 10.9 Å². The van der Waals surface area contributed by atoms with E-state index in [2.05, 4.69) is 26.2 Å². The molecule has 0 amide bonds. The molecule has 1 heterocycles. The molecule has 0 saturated heterocycles. The smallest absolute Gasteiger partial charge is 0.0957 e. The van der Waals surface area contributed by atoms with Crippen LogP contribution in [0.1, 0.15) is 0 Å². The third kappa shape index (κ3) is 2.44. The van der Waals surface area contributed by atoms with E-state index < -0.39 is 0 Å². The van der Waals surface area contributed by atoms with Crippen LogP contribution in [0, 0.1) is 0 Å². The van der Waals surface area contributed by atoms with E-state index in [4.69, 9.17) is 17.3 Å². The van der Waals surface area contributed by atoms with Crippen molar-refractivity contribution in [3.8, 4) is 0 Å². The second-order valence-corrected chi connectivity index (χ2v) is 5.67. The predicted molar refractivity (Wildman–Crippen MR) is 88.6 cm³/mol. The first-order valence-electron chi connectivity index (χ1n) is 6.00. The largest absolute Gasteiger partial charge is 0.398 e. The normalized spacial score (nSPS) is 10.7. The van der Waals surface area contributed by atoms with Crippen LogP contribution in [0.2, 0.25) is 5.02 Å². The van der Waals surface area contributed by atoms with Crippen LogP contribution in [0.5, 0.6) is 0 Å². The molecule has 3 rings (SSSR count). The quantitative estimate of drug-likeness (QED) is 0.642. The number of aromatic nitrogens is 1. The van der Waals surface area contributed by atoms with Gasteiger partial charge in [-0.05, 0) is 42.5 Å². The molecular weight excluding hydrogens is 338 g/mol. The summed E-state index contributed by atoms with van der Waals surface area (Å²) in [6, 6.07) is 13.2. The van der Waals surface area contributed by atoms with Gasteiger partial charge in [0.15, 0.2) is 0 Å². The molecule has 3 N–H and O–H groups in total. The van der Waals surface area contributed by atoms with Crippen LogP contribution in [-0.4, -0.2) is 4.98 Å². The van der Waals surface area contributed by atoms with Gasteiger partial charge in [-0.1, -0.05) is 27.5 Å². The molecule has 0 aliphatic carbocycles. The lowest BCUT2D eigenvalue weighted by Gasteiger charge is -2.12. The summed E-state index contributed by atoms with van der Waals surface area (Å²) in [6.07, 6.45) is 1.75. The van der Waals surface area contributed by atoms with E-state index in [0.29, 0.717) is 10.7 Å². The topological polar surface area (TPSA) is 50.9 Å². The molecular formula is C15H11BrClN3. The molecule has 1 aromatic heterocycles. The summed E-state index contributed by atoms with van der Waals surface area (Å²) < 4.78 is 0.956. The van der Waals surface area contributed by atoms with Crippen LogP contribution in [0.4, 0.5) is 17.1 Å². The fourth-order valence-electron chi connectivity index (χ4n) is 2.03. The Bertz CT molecular complexity index is 789. The third-order valence-corrected chi connectivity index (χ3v) is 3.82. The van der Waals surface area contributed by atoms with E-state index in [1.807, 2.05) is 42.5 Å². The van der Waals surface area contributed by atoms with Gasteiger partial charge >= 0.3 is 0 Å². The van der Waals surface area contributed by atoms with Gasteiger partial charge in [-0.25, -0.2) is 0 Å². The highest BCUT2D eigenvalue weighted by Gasteiger charge is 2.07. The molecule has 0 saturated carbocycles. The first-order chi connectivity index (χ1) is 9.65. The number of halogens is 2. The summed E-state index contributed by atoms with van der Waals surface area (Å²) >= 11 is 9.64. The number of fused-ring (bicyclic) bond motifs is 1. The number of hydrogen-bond donors (Lipinski definition) is 2. The lowest BCUT2D eigenvalue weighted by atomic mass is 10.1. The van der Waals surface area contributed by atoms with Gasteiger partial charge in [0, 0.05) is 21.7 Å². The van der Waals surface area contributed by atoms with Gasteiger partial charge in [0.05, 0.1) is 21.9 Å². The summed E-state index contributed by atoms with van der Waals surface area (Å²) in [5.41, 5.74) is 9.19. The molecule has 0 aliphatic heterocycles. The standard InChI is InChI=1S/C15H11BrClN3/c16-9-3-4-11(17)14(8-9)20-13-6-5-12(18)10-2-1-7-19-15(10)13/h1-8,20H,18H2. The highest BCUT2D eigenvalue weighted by molar-refractivity contribution is 9.10. The molecule has 2 aromatic carbocycles.